The molecule has 2 rings (SSSR count). The van der Waals surface area contributed by atoms with Gasteiger partial charge in [-0.15, -0.1) is 0 Å². The number of hydrogen-bond donors (Lipinski definition) is 2. The number of nitrogens with two attached hydrogens (primary N) is 1. The molecule has 6 nitrogen and oxygen atoms in total. The standard InChI is InChI=1S/C13H14N4O2S/c1-17-11(6-7-15-17)13(18)16-9-2-4-10(5-3-9)19-8-12(14)20/h2-7H,8H2,1H3,(H2,14,20)(H,16,18). The molecule has 1 heterocycles. The molecule has 0 saturated carbocycles. The molecule has 0 aliphatic carbocycles. The smallest absolute Gasteiger partial charge is 0.273 e. The van der Waals surface area contributed by atoms with Crippen LogP contribution in [0.5, 0.6) is 5.75 Å². The van der Waals surface area contributed by atoms with E-state index in [2.05, 4.69) is 10.4 Å². The maximum absolute atomic E-state index is 12.0. The van der Waals surface area contributed by atoms with Gasteiger partial charge in [-0.2, -0.15) is 5.10 Å². The van der Waals surface area contributed by atoms with E-state index in [1.165, 1.54) is 4.68 Å². The summed E-state index contributed by atoms with van der Waals surface area (Å²) in [4.78, 5) is 12.2. The van der Waals surface area contributed by atoms with Gasteiger partial charge in [0.15, 0.2) is 0 Å². The monoisotopic (exact) mass is 290 g/mol. The van der Waals surface area contributed by atoms with E-state index < -0.39 is 0 Å². The van der Waals surface area contributed by atoms with Crippen molar-refractivity contribution in [3.63, 3.8) is 0 Å². The molecule has 2 aromatic rings. The Kier molecular flexibility index (Phi) is 4.31. The topological polar surface area (TPSA) is 82.2 Å². The Morgan fingerprint density at radius 2 is 2.10 bits per heavy atom. The lowest BCUT2D eigenvalue weighted by atomic mass is 10.3. The van der Waals surface area contributed by atoms with E-state index >= 15 is 0 Å². The van der Waals surface area contributed by atoms with Crippen LogP contribution in [0.1, 0.15) is 10.5 Å². The van der Waals surface area contributed by atoms with Crippen LogP contribution >= 0.6 is 12.2 Å². The Hall–Kier alpha value is -2.41. The first-order chi connectivity index (χ1) is 9.56. The number of benzene rings is 1. The van der Waals surface area contributed by atoms with E-state index in [1.54, 1.807) is 43.6 Å². The lowest BCUT2D eigenvalue weighted by Crippen LogP contribution is -2.18. The molecule has 0 atom stereocenters. The highest BCUT2D eigenvalue weighted by molar-refractivity contribution is 7.80. The Labute approximate surface area is 121 Å². The predicted molar refractivity (Wildman–Crippen MR) is 79.9 cm³/mol. The van der Waals surface area contributed by atoms with Gasteiger partial charge in [0.2, 0.25) is 0 Å². The second-order valence-corrected chi connectivity index (χ2v) is 4.60. The first kappa shape index (κ1) is 14.0. The van der Waals surface area contributed by atoms with Gasteiger partial charge in [0.05, 0.1) is 0 Å². The molecule has 0 saturated heterocycles. The largest absolute Gasteiger partial charge is 0.487 e. The fourth-order valence-corrected chi connectivity index (χ4v) is 1.64. The van der Waals surface area contributed by atoms with Crippen molar-refractivity contribution in [1.29, 1.82) is 0 Å². The number of aryl methyl sites for hydroxylation is 1. The quantitative estimate of drug-likeness (QED) is 0.812. The Balaban J connectivity index is 1.99. The van der Waals surface area contributed by atoms with Crippen molar-refractivity contribution in [2.24, 2.45) is 12.8 Å². The van der Waals surface area contributed by atoms with Crippen molar-refractivity contribution in [3.8, 4) is 5.75 Å². The molecule has 0 fully saturated rings. The van der Waals surface area contributed by atoms with Gasteiger partial charge in [-0.1, -0.05) is 12.2 Å². The zero-order valence-corrected chi connectivity index (χ0v) is 11.7. The fraction of sp³-hybridized carbons (Fsp3) is 0.154. The summed E-state index contributed by atoms with van der Waals surface area (Å²) in [6.07, 6.45) is 1.57. The minimum absolute atomic E-state index is 0.191. The molecule has 0 aliphatic heterocycles. The van der Waals surface area contributed by atoms with E-state index in [0.717, 1.165) is 0 Å². The van der Waals surface area contributed by atoms with E-state index in [4.69, 9.17) is 22.7 Å². The number of amides is 1. The number of rotatable bonds is 5. The van der Waals surface area contributed by atoms with Gasteiger partial charge in [0.1, 0.15) is 23.0 Å². The minimum atomic E-state index is -0.221. The zero-order valence-electron chi connectivity index (χ0n) is 10.9. The van der Waals surface area contributed by atoms with Crippen LogP contribution in [0.25, 0.3) is 0 Å². The summed E-state index contributed by atoms with van der Waals surface area (Å²) in [6, 6.07) is 8.59. The van der Waals surface area contributed by atoms with Crippen LogP contribution in [-0.2, 0) is 7.05 Å². The van der Waals surface area contributed by atoms with Gasteiger partial charge >= 0.3 is 0 Å². The lowest BCUT2D eigenvalue weighted by molar-refractivity contribution is 0.101. The fourth-order valence-electron chi connectivity index (χ4n) is 1.58. The van der Waals surface area contributed by atoms with Crippen molar-refractivity contribution in [2.75, 3.05) is 11.9 Å². The maximum atomic E-state index is 12.0. The third kappa shape index (κ3) is 3.55. The van der Waals surface area contributed by atoms with Crippen molar-refractivity contribution in [1.82, 2.24) is 9.78 Å². The highest BCUT2D eigenvalue weighted by atomic mass is 32.1. The van der Waals surface area contributed by atoms with Crippen LogP contribution in [0.4, 0.5) is 5.69 Å². The van der Waals surface area contributed by atoms with Gasteiger partial charge in [-0.3, -0.25) is 9.48 Å². The number of ether oxygens (including phenoxy) is 1. The number of hydrogen-bond acceptors (Lipinski definition) is 4. The van der Waals surface area contributed by atoms with Crippen molar-refractivity contribution >= 4 is 28.8 Å². The van der Waals surface area contributed by atoms with E-state index in [-0.39, 0.29) is 12.5 Å². The molecule has 1 aromatic heterocycles. The summed E-state index contributed by atoms with van der Waals surface area (Å²) in [5.41, 5.74) is 6.50. The second kappa shape index (κ2) is 6.16. The number of thiocarbonyl (C=S) groups is 1. The zero-order chi connectivity index (χ0) is 14.5. The van der Waals surface area contributed by atoms with Crippen LogP contribution in [0.2, 0.25) is 0 Å². The number of anilines is 1. The van der Waals surface area contributed by atoms with E-state index in [1.807, 2.05) is 0 Å². The van der Waals surface area contributed by atoms with Crippen LogP contribution < -0.4 is 15.8 Å². The molecule has 0 aliphatic rings. The van der Waals surface area contributed by atoms with Crippen molar-refractivity contribution in [2.45, 2.75) is 0 Å². The lowest BCUT2D eigenvalue weighted by Gasteiger charge is -2.08. The Morgan fingerprint density at radius 3 is 2.65 bits per heavy atom. The SMILES string of the molecule is Cn1nccc1C(=O)Nc1ccc(OCC(N)=S)cc1. The van der Waals surface area contributed by atoms with Crippen LogP contribution in [0, 0.1) is 0 Å². The molecular formula is C13H14N4O2S. The average Bonchev–Trinajstić information content (AvgIpc) is 2.84. The van der Waals surface area contributed by atoms with E-state index in [0.29, 0.717) is 22.1 Å². The molecule has 0 unspecified atom stereocenters. The molecule has 3 N–H and O–H groups in total. The van der Waals surface area contributed by atoms with Gasteiger partial charge in [0.25, 0.3) is 5.91 Å². The molecule has 1 aromatic carbocycles. The molecule has 1 amide bonds. The highest BCUT2D eigenvalue weighted by Crippen LogP contribution is 2.16. The summed E-state index contributed by atoms with van der Waals surface area (Å²) in [6.45, 7) is 0.191. The normalized spacial score (nSPS) is 10.1. The van der Waals surface area contributed by atoms with Crippen LogP contribution in [0.3, 0.4) is 0 Å². The van der Waals surface area contributed by atoms with Crippen LogP contribution in [-0.4, -0.2) is 27.3 Å². The van der Waals surface area contributed by atoms with Gasteiger partial charge < -0.3 is 15.8 Å². The van der Waals surface area contributed by atoms with Gasteiger partial charge in [-0.25, -0.2) is 0 Å². The number of carbonyl (C=O) groups excluding carboxylic acids is 1. The molecular weight excluding hydrogens is 276 g/mol. The Bertz CT molecular complexity index is 622. The van der Waals surface area contributed by atoms with Gasteiger partial charge in [0, 0.05) is 18.9 Å². The third-order valence-electron chi connectivity index (χ3n) is 2.55. The van der Waals surface area contributed by atoms with Gasteiger partial charge in [-0.05, 0) is 30.3 Å². The highest BCUT2D eigenvalue weighted by Gasteiger charge is 2.09. The summed E-state index contributed by atoms with van der Waals surface area (Å²) in [7, 11) is 1.71. The summed E-state index contributed by atoms with van der Waals surface area (Å²) >= 11 is 4.72. The molecule has 7 heteroatoms. The molecule has 104 valence electrons. The molecule has 20 heavy (non-hydrogen) atoms. The maximum Gasteiger partial charge on any atom is 0.273 e. The number of aromatic nitrogens is 2. The second-order valence-electron chi connectivity index (χ2n) is 4.07. The minimum Gasteiger partial charge on any atom is -0.487 e. The van der Waals surface area contributed by atoms with Crippen LogP contribution in [0.15, 0.2) is 36.5 Å². The predicted octanol–water partition coefficient (Wildman–Crippen LogP) is 1.34. The molecule has 0 spiro atoms. The van der Waals surface area contributed by atoms with Crippen molar-refractivity contribution < 1.29 is 9.53 Å². The first-order valence-corrected chi connectivity index (χ1v) is 6.27. The molecule has 0 radical (unpaired) electrons. The summed E-state index contributed by atoms with van der Waals surface area (Å²) in [5, 5.41) is 6.72. The summed E-state index contributed by atoms with van der Waals surface area (Å²) < 4.78 is 6.83. The number of nitrogens with one attached hydrogen (secondary N) is 1. The van der Waals surface area contributed by atoms with E-state index in [9.17, 15) is 4.79 Å². The first-order valence-electron chi connectivity index (χ1n) is 5.87. The number of carbonyl (C=O) groups is 1. The summed E-state index contributed by atoms with van der Waals surface area (Å²) in [5.74, 6) is 0.415. The third-order valence-corrected chi connectivity index (χ3v) is 2.66. The number of nitrogens with zero attached hydrogens (tertiary/aromatic N) is 2. The molecule has 0 bridgehead atoms. The Morgan fingerprint density at radius 1 is 1.40 bits per heavy atom. The van der Waals surface area contributed by atoms with Crippen molar-refractivity contribution in [3.05, 3.63) is 42.2 Å². The average molecular weight is 290 g/mol.